The number of aromatic nitrogens is 1. The minimum absolute atomic E-state index is 0.00469. The van der Waals surface area contributed by atoms with E-state index in [1.165, 1.54) is 42.4 Å². The number of aromatic carboxylic acids is 1. The zero-order valence-corrected chi connectivity index (χ0v) is 13.5. The molecule has 21 heavy (non-hydrogen) atoms. The summed E-state index contributed by atoms with van der Waals surface area (Å²) >= 11 is 1.26. The monoisotopic (exact) mass is 312 g/mol. The first-order chi connectivity index (χ1) is 10.0. The summed E-state index contributed by atoms with van der Waals surface area (Å²) in [6, 6.07) is -0.240. The molecule has 0 aliphatic carbocycles. The van der Waals surface area contributed by atoms with E-state index < -0.39 is 5.97 Å². The van der Waals surface area contributed by atoms with Gasteiger partial charge in [0, 0.05) is 11.8 Å². The maximum absolute atomic E-state index is 11.8. The molecule has 0 fully saturated rings. The number of carboxylic acid groups (broad SMARTS) is 1. The van der Waals surface area contributed by atoms with E-state index in [1.54, 1.807) is 0 Å². The molecule has 0 saturated carbocycles. The molecule has 1 aromatic heterocycles. The second-order valence-electron chi connectivity index (χ2n) is 5.18. The second-order valence-corrected chi connectivity index (χ2v) is 6.07. The molecule has 5 nitrogen and oxygen atoms in total. The summed E-state index contributed by atoms with van der Waals surface area (Å²) in [6.45, 7) is 4.01. The number of nitrogens with zero attached hydrogens (tertiary/aromatic N) is 1. The van der Waals surface area contributed by atoms with E-state index in [2.05, 4.69) is 17.2 Å². The van der Waals surface area contributed by atoms with E-state index in [0.717, 1.165) is 12.8 Å². The van der Waals surface area contributed by atoms with Gasteiger partial charge in [-0.25, -0.2) is 9.78 Å². The average Bonchev–Trinajstić information content (AvgIpc) is 2.92. The Morgan fingerprint density at radius 3 is 2.57 bits per heavy atom. The van der Waals surface area contributed by atoms with E-state index in [9.17, 15) is 9.59 Å². The molecule has 1 atom stereocenters. The van der Waals surface area contributed by atoms with Crippen LogP contribution in [0, 0.1) is 0 Å². The minimum atomic E-state index is -1.04. The van der Waals surface area contributed by atoms with Crippen molar-refractivity contribution in [3.05, 3.63) is 16.1 Å². The zero-order valence-electron chi connectivity index (χ0n) is 12.7. The minimum Gasteiger partial charge on any atom is -0.476 e. The van der Waals surface area contributed by atoms with Crippen molar-refractivity contribution in [2.75, 3.05) is 0 Å². The van der Waals surface area contributed by atoms with Gasteiger partial charge < -0.3 is 10.4 Å². The molecule has 6 heteroatoms. The van der Waals surface area contributed by atoms with Crippen molar-refractivity contribution in [2.24, 2.45) is 0 Å². The van der Waals surface area contributed by atoms with Crippen LogP contribution < -0.4 is 5.32 Å². The molecule has 118 valence electrons. The lowest BCUT2D eigenvalue weighted by Crippen LogP contribution is -2.26. The van der Waals surface area contributed by atoms with Gasteiger partial charge in [-0.3, -0.25) is 4.79 Å². The largest absolute Gasteiger partial charge is 0.476 e. The summed E-state index contributed by atoms with van der Waals surface area (Å²) in [5.41, 5.74) is 0.0343. The summed E-state index contributed by atoms with van der Waals surface area (Å²) in [5, 5.41) is 13.8. The van der Waals surface area contributed by atoms with Crippen LogP contribution in [0.5, 0.6) is 0 Å². The van der Waals surface area contributed by atoms with Gasteiger partial charge in [0.15, 0.2) is 5.69 Å². The predicted molar refractivity (Wildman–Crippen MR) is 83.6 cm³/mol. The van der Waals surface area contributed by atoms with Gasteiger partial charge in [0.05, 0.1) is 6.04 Å². The molecule has 1 amide bonds. The van der Waals surface area contributed by atoms with Crippen molar-refractivity contribution in [1.29, 1.82) is 0 Å². The van der Waals surface area contributed by atoms with Gasteiger partial charge in [-0.15, -0.1) is 11.3 Å². The molecule has 0 aromatic carbocycles. The Hall–Kier alpha value is -1.43. The SMILES string of the molecule is CCCCCCCCC(=O)NC(C)c1nc(C(=O)O)cs1. The fourth-order valence-electron chi connectivity index (χ4n) is 2.03. The number of carboxylic acids is 1. The van der Waals surface area contributed by atoms with Crippen LogP contribution in [0.25, 0.3) is 0 Å². The topological polar surface area (TPSA) is 79.3 Å². The third kappa shape index (κ3) is 6.71. The highest BCUT2D eigenvalue weighted by molar-refractivity contribution is 7.09. The normalized spacial score (nSPS) is 12.1. The van der Waals surface area contributed by atoms with Crippen molar-refractivity contribution >= 4 is 23.2 Å². The summed E-state index contributed by atoms with van der Waals surface area (Å²) in [6.07, 6.45) is 7.43. The lowest BCUT2D eigenvalue weighted by molar-refractivity contribution is -0.121. The van der Waals surface area contributed by atoms with Crippen LogP contribution in [-0.2, 0) is 4.79 Å². The number of carbonyl (C=O) groups excluding carboxylic acids is 1. The van der Waals surface area contributed by atoms with Crippen LogP contribution in [0.2, 0.25) is 0 Å². The van der Waals surface area contributed by atoms with Gasteiger partial charge in [-0.2, -0.15) is 0 Å². The molecular formula is C15H24N2O3S. The molecule has 1 rings (SSSR count). The zero-order chi connectivity index (χ0) is 15.7. The first kappa shape index (κ1) is 17.6. The van der Waals surface area contributed by atoms with Crippen LogP contribution in [0.1, 0.15) is 80.3 Å². The smallest absolute Gasteiger partial charge is 0.355 e. The number of carbonyl (C=O) groups is 2. The van der Waals surface area contributed by atoms with Gasteiger partial charge in [0.25, 0.3) is 0 Å². The maximum atomic E-state index is 11.8. The van der Waals surface area contributed by atoms with Gasteiger partial charge in [-0.1, -0.05) is 39.0 Å². The lowest BCUT2D eigenvalue weighted by Gasteiger charge is -2.11. The standard InChI is InChI=1S/C15H24N2O3S/c1-3-4-5-6-7-8-9-13(18)16-11(2)14-17-12(10-21-14)15(19)20/h10-11H,3-9H2,1-2H3,(H,16,18)(H,19,20). The van der Waals surface area contributed by atoms with Gasteiger partial charge in [-0.05, 0) is 13.3 Å². The second kappa shape index (κ2) is 9.50. The van der Waals surface area contributed by atoms with Gasteiger partial charge in [0.2, 0.25) is 5.91 Å². The molecule has 0 aliphatic rings. The maximum Gasteiger partial charge on any atom is 0.355 e. The summed E-state index contributed by atoms with van der Waals surface area (Å²) in [4.78, 5) is 26.6. The first-order valence-electron chi connectivity index (χ1n) is 7.52. The van der Waals surface area contributed by atoms with Gasteiger partial charge >= 0.3 is 5.97 Å². The number of nitrogens with one attached hydrogen (secondary N) is 1. The quantitative estimate of drug-likeness (QED) is 0.645. The molecule has 0 bridgehead atoms. The lowest BCUT2D eigenvalue weighted by atomic mass is 10.1. The summed E-state index contributed by atoms with van der Waals surface area (Å²) < 4.78 is 0. The van der Waals surface area contributed by atoms with Crippen molar-refractivity contribution in [3.63, 3.8) is 0 Å². The Bertz CT molecular complexity index is 460. The summed E-state index contributed by atoms with van der Waals surface area (Å²) in [7, 11) is 0. The van der Waals surface area contributed by atoms with E-state index in [4.69, 9.17) is 5.11 Å². The molecule has 0 aliphatic heterocycles. The Kier molecular flexibility index (Phi) is 7.97. The highest BCUT2D eigenvalue weighted by Crippen LogP contribution is 2.18. The number of unbranched alkanes of at least 4 members (excludes halogenated alkanes) is 5. The van der Waals surface area contributed by atoms with Crippen molar-refractivity contribution in [2.45, 2.75) is 64.8 Å². The van der Waals surface area contributed by atoms with Crippen LogP contribution in [0.3, 0.4) is 0 Å². The molecule has 0 radical (unpaired) electrons. The molecular weight excluding hydrogens is 288 g/mol. The third-order valence-electron chi connectivity index (χ3n) is 3.25. The fraction of sp³-hybridized carbons (Fsp3) is 0.667. The Balaban J connectivity index is 2.25. The third-order valence-corrected chi connectivity index (χ3v) is 4.27. The number of thiazole rings is 1. The van der Waals surface area contributed by atoms with E-state index in [1.807, 2.05) is 6.92 Å². The van der Waals surface area contributed by atoms with Crippen molar-refractivity contribution < 1.29 is 14.7 Å². The molecule has 2 N–H and O–H groups in total. The number of amides is 1. The molecule has 1 aromatic rings. The number of hydrogen-bond donors (Lipinski definition) is 2. The van der Waals surface area contributed by atoms with Crippen molar-refractivity contribution in [1.82, 2.24) is 10.3 Å². The summed E-state index contributed by atoms with van der Waals surface area (Å²) in [5.74, 6) is -1.03. The van der Waals surface area contributed by atoms with Crippen LogP contribution in [-0.4, -0.2) is 22.0 Å². The van der Waals surface area contributed by atoms with Crippen molar-refractivity contribution in [3.8, 4) is 0 Å². The number of rotatable bonds is 10. The Morgan fingerprint density at radius 2 is 1.95 bits per heavy atom. The average molecular weight is 312 g/mol. The molecule has 0 spiro atoms. The molecule has 1 heterocycles. The molecule has 1 unspecified atom stereocenters. The Morgan fingerprint density at radius 1 is 1.29 bits per heavy atom. The highest BCUT2D eigenvalue weighted by Gasteiger charge is 2.15. The van der Waals surface area contributed by atoms with Crippen LogP contribution in [0.4, 0.5) is 0 Å². The predicted octanol–water partition coefficient (Wildman–Crippen LogP) is 3.77. The molecule has 0 saturated heterocycles. The fourth-order valence-corrected chi connectivity index (χ4v) is 2.83. The first-order valence-corrected chi connectivity index (χ1v) is 8.40. The highest BCUT2D eigenvalue weighted by atomic mass is 32.1. The van der Waals surface area contributed by atoms with E-state index in [0.29, 0.717) is 11.4 Å². The number of hydrogen-bond acceptors (Lipinski definition) is 4. The Labute approximate surface area is 129 Å². The van der Waals surface area contributed by atoms with Gasteiger partial charge in [0.1, 0.15) is 5.01 Å². The van der Waals surface area contributed by atoms with Crippen LogP contribution >= 0.6 is 11.3 Å². The van der Waals surface area contributed by atoms with Crippen LogP contribution in [0.15, 0.2) is 5.38 Å². The van der Waals surface area contributed by atoms with E-state index >= 15 is 0 Å². The van der Waals surface area contributed by atoms with E-state index in [-0.39, 0.29) is 17.6 Å².